The predicted molar refractivity (Wildman–Crippen MR) is 154 cm³/mol. The van der Waals surface area contributed by atoms with Crippen LogP contribution in [0.5, 0.6) is 0 Å². The van der Waals surface area contributed by atoms with Crippen molar-refractivity contribution in [1.29, 1.82) is 0 Å². The molecule has 0 spiro atoms. The summed E-state index contributed by atoms with van der Waals surface area (Å²) in [5, 5.41) is 9.79. The first kappa shape index (κ1) is 23.8. The number of fused-ring (bicyclic) bond motifs is 6. The molecule has 0 fully saturated rings. The minimum Gasteiger partial charge on any atom is -0.456 e. The molecule has 0 aliphatic heterocycles. The van der Waals surface area contributed by atoms with Gasteiger partial charge in [0.15, 0.2) is 0 Å². The number of anilines is 2. The van der Waals surface area contributed by atoms with Crippen LogP contribution in [-0.2, 0) is 9.59 Å². The van der Waals surface area contributed by atoms with Gasteiger partial charge in [0.05, 0.1) is 4.47 Å². The minimum absolute atomic E-state index is 0.149. The highest BCUT2D eigenvalue weighted by atomic mass is 79.9. The highest BCUT2D eigenvalue weighted by molar-refractivity contribution is 9.11. The Kier molecular flexibility index (Phi) is 6.22. The smallest absolute Gasteiger partial charge is 0.224 e. The Hall–Kier alpha value is -3.62. The second-order valence-electron chi connectivity index (χ2n) is 8.84. The molecule has 2 amide bonds. The number of nitrogens with one attached hydrogen (secondary N) is 2. The summed E-state index contributed by atoms with van der Waals surface area (Å²) in [6, 6.07) is 23.0. The maximum Gasteiger partial charge on any atom is 0.224 e. The topological polar surface area (TPSA) is 84.5 Å². The summed E-state index contributed by atoms with van der Waals surface area (Å²) in [4.78, 5) is 24.9. The molecule has 6 nitrogen and oxygen atoms in total. The molecule has 2 aromatic heterocycles. The van der Waals surface area contributed by atoms with Crippen LogP contribution in [0, 0.1) is 0 Å². The average Bonchev–Trinajstić information content (AvgIpc) is 3.41. The molecule has 0 radical (unpaired) electrons. The highest BCUT2D eigenvalue weighted by Gasteiger charge is 2.13. The summed E-state index contributed by atoms with van der Waals surface area (Å²) in [6.45, 7) is 0. The Morgan fingerprint density at radius 1 is 0.649 bits per heavy atom. The zero-order valence-corrected chi connectivity index (χ0v) is 22.6. The minimum atomic E-state index is -0.157. The van der Waals surface area contributed by atoms with Gasteiger partial charge in [0.1, 0.15) is 22.3 Å². The Bertz CT molecular complexity index is 1840. The summed E-state index contributed by atoms with van der Waals surface area (Å²) in [5.41, 5.74) is 4.29. The first-order chi connectivity index (χ1) is 17.9. The Balaban J connectivity index is 1.05. The third-order valence-corrected chi connectivity index (χ3v) is 7.29. The fourth-order valence-electron chi connectivity index (χ4n) is 4.54. The largest absolute Gasteiger partial charge is 0.456 e. The van der Waals surface area contributed by atoms with Crippen LogP contribution in [0.25, 0.3) is 43.9 Å². The van der Waals surface area contributed by atoms with Crippen molar-refractivity contribution in [2.24, 2.45) is 0 Å². The molecule has 6 aromatic rings. The van der Waals surface area contributed by atoms with Crippen molar-refractivity contribution in [3.05, 3.63) is 81.7 Å². The van der Waals surface area contributed by atoms with Gasteiger partial charge in [0.25, 0.3) is 0 Å². The lowest BCUT2D eigenvalue weighted by Crippen LogP contribution is -2.14. The van der Waals surface area contributed by atoms with Gasteiger partial charge in [0, 0.05) is 62.4 Å². The average molecular weight is 620 g/mol. The van der Waals surface area contributed by atoms with E-state index < -0.39 is 0 Å². The lowest BCUT2D eigenvalue weighted by molar-refractivity contribution is -0.117. The number of carbonyl (C=O) groups is 2. The Morgan fingerprint density at radius 2 is 1.24 bits per heavy atom. The molecule has 4 aromatic carbocycles. The lowest BCUT2D eigenvalue weighted by atomic mass is 10.1. The molecular formula is C29H20Br2N2O4. The Labute approximate surface area is 228 Å². The number of rotatable bonds is 6. The van der Waals surface area contributed by atoms with Gasteiger partial charge in [-0.3, -0.25) is 9.59 Å². The summed E-state index contributed by atoms with van der Waals surface area (Å²) < 4.78 is 13.7. The van der Waals surface area contributed by atoms with Crippen molar-refractivity contribution in [3.63, 3.8) is 0 Å². The molecule has 8 heteroatoms. The van der Waals surface area contributed by atoms with Gasteiger partial charge >= 0.3 is 0 Å². The molecule has 0 saturated carbocycles. The molecule has 0 aliphatic carbocycles. The normalized spacial score (nSPS) is 11.5. The first-order valence-electron chi connectivity index (χ1n) is 11.8. The Morgan fingerprint density at radius 3 is 1.95 bits per heavy atom. The standard InChI is InChI=1S/C29H20Br2N2O4/c30-16-12-22-21-11-9-18(15-26(21)37-29(22)23(31)13-16)33-28(35)7-3-6-27(34)32-17-8-10-20-19-4-1-2-5-24(19)36-25(20)14-17/h1-2,4-5,8-15H,3,6-7H2,(H,32,34)(H,33,35). The number of hydrogen-bond acceptors (Lipinski definition) is 4. The van der Waals surface area contributed by atoms with Crippen molar-refractivity contribution in [2.45, 2.75) is 19.3 Å². The van der Waals surface area contributed by atoms with Gasteiger partial charge in [-0.15, -0.1) is 0 Å². The van der Waals surface area contributed by atoms with E-state index in [1.54, 1.807) is 0 Å². The van der Waals surface area contributed by atoms with E-state index in [4.69, 9.17) is 8.83 Å². The SMILES string of the molecule is O=C(CCCC(=O)Nc1ccc2c(c1)oc1c(Br)cc(Br)cc12)Nc1ccc2c(c1)oc1ccccc12. The van der Waals surface area contributed by atoms with Crippen LogP contribution in [0.4, 0.5) is 11.4 Å². The first-order valence-corrected chi connectivity index (χ1v) is 13.4. The fraction of sp³-hybridized carbons (Fsp3) is 0.103. The molecular weight excluding hydrogens is 600 g/mol. The van der Waals surface area contributed by atoms with Gasteiger partial charge in [0.2, 0.25) is 11.8 Å². The highest BCUT2D eigenvalue weighted by Crippen LogP contribution is 2.37. The number of benzene rings is 4. The zero-order valence-electron chi connectivity index (χ0n) is 19.4. The summed E-state index contributed by atoms with van der Waals surface area (Å²) in [5.74, 6) is -0.306. The van der Waals surface area contributed by atoms with Gasteiger partial charge in [-0.2, -0.15) is 0 Å². The predicted octanol–water partition coefficient (Wildman–Crippen LogP) is 8.76. The third-order valence-electron chi connectivity index (χ3n) is 6.25. The molecule has 184 valence electrons. The van der Waals surface area contributed by atoms with Crippen LogP contribution in [0.3, 0.4) is 0 Å². The number of furan rings is 2. The maximum absolute atomic E-state index is 12.5. The molecule has 0 saturated heterocycles. The van der Waals surface area contributed by atoms with Crippen molar-refractivity contribution < 1.29 is 18.4 Å². The van der Waals surface area contributed by atoms with E-state index in [0.29, 0.717) is 23.4 Å². The van der Waals surface area contributed by atoms with E-state index >= 15 is 0 Å². The van der Waals surface area contributed by atoms with Crippen LogP contribution < -0.4 is 10.6 Å². The van der Waals surface area contributed by atoms with E-state index in [-0.39, 0.29) is 24.7 Å². The monoisotopic (exact) mass is 618 g/mol. The zero-order chi connectivity index (χ0) is 25.5. The molecule has 0 atom stereocenters. The van der Waals surface area contributed by atoms with Crippen molar-refractivity contribution in [2.75, 3.05) is 10.6 Å². The number of amides is 2. The summed E-state index contributed by atoms with van der Waals surface area (Å²) in [6.07, 6.45) is 0.891. The molecule has 37 heavy (non-hydrogen) atoms. The van der Waals surface area contributed by atoms with Gasteiger partial charge in [-0.1, -0.05) is 34.1 Å². The lowest BCUT2D eigenvalue weighted by Gasteiger charge is -2.07. The van der Waals surface area contributed by atoms with E-state index in [1.807, 2.05) is 72.8 Å². The second kappa shape index (κ2) is 9.68. The van der Waals surface area contributed by atoms with Crippen molar-refractivity contribution in [3.8, 4) is 0 Å². The van der Waals surface area contributed by atoms with Gasteiger partial charge in [-0.25, -0.2) is 0 Å². The van der Waals surface area contributed by atoms with E-state index in [0.717, 1.165) is 47.2 Å². The van der Waals surface area contributed by atoms with E-state index in [9.17, 15) is 9.59 Å². The molecule has 2 N–H and O–H groups in total. The van der Waals surface area contributed by atoms with Crippen molar-refractivity contribution in [1.82, 2.24) is 0 Å². The molecule has 2 heterocycles. The second-order valence-corrected chi connectivity index (χ2v) is 10.6. The summed E-state index contributed by atoms with van der Waals surface area (Å²) >= 11 is 7.04. The van der Waals surface area contributed by atoms with E-state index in [1.165, 1.54) is 0 Å². The molecule has 6 rings (SSSR count). The fourth-order valence-corrected chi connectivity index (χ4v) is 5.85. The number of carbonyl (C=O) groups excluding carboxylic acids is 2. The molecule has 0 bridgehead atoms. The van der Waals surface area contributed by atoms with Crippen molar-refractivity contribution >= 4 is 98.9 Å². The molecule has 0 aliphatic rings. The molecule has 0 unspecified atom stereocenters. The number of para-hydroxylation sites is 1. The number of hydrogen-bond donors (Lipinski definition) is 2. The van der Waals surface area contributed by atoms with Gasteiger partial charge < -0.3 is 19.5 Å². The third kappa shape index (κ3) is 4.74. The van der Waals surface area contributed by atoms with E-state index in [2.05, 4.69) is 42.5 Å². The van der Waals surface area contributed by atoms with Crippen LogP contribution in [0.1, 0.15) is 19.3 Å². The van der Waals surface area contributed by atoms with Gasteiger partial charge in [-0.05, 0) is 64.8 Å². The van der Waals surface area contributed by atoms with Crippen LogP contribution in [0.2, 0.25) is 0 Å². The number of halogens is 2. The van der Waals surface area contributed by atoms with Crippen LogP contribution in [0.15, 0.2) is 90.6 Å². The maximum atomic E-state index is 12.5. The van der Waals surface area contributed by atoms with Crippen LogP contribution >= 0.6 is 31.9 Å². The quantitative estimate of drug-likeness (QED) is 0.195. The summed E-state index contributed by atoms with van der Waals surface area (Å²) in [7, 11) is 0. The van der Waals surface area contributed by atoms with Crippen LogP contribution in [-0.4, -0.2) is 11.8 Å².